The van der Waals surface area contributed by atoms with Gasteiger partial charge < -0.3 is 10.4 Å². The number of aromatic hydroxyl groups is 1. The molecule has 0 spiro atoms. The molecule has 0 atom stereocenters. The maximum atomic E-state index is 10.3. The van der Waals surface area contributed by atoms with Gasteiger partial charge in [0.1, 0.15) is 0 Å². The van der Waals surface area contributed by atoms with Crippen LogP contribution in [0.1, 0.15) is 0 Å². The molecule has 0 saturated heterocycles. The molecular weight excluding hydrogens is 160 g/mol. The summed E-state index contributed by atoms with van der Waals surface area (Å²) in [6, 6.07) is 4.11. The molecule has 12 heavy (non-hydrogen) atoms. The van der Waals surface area contributed by atoms with Crippen molar-refractivity contribution in [1.29, 1.82) is 0 Å². The second-order valence-corrected chi connectivity index (χ2v) is 2.21. The van der Waals surface area contributed by atoms with Gasteiger partial charge in [-0.15, -0.1) is 0 Å². The summed E-state index contributed by atoms with van der Waals surface area (Å²) < 4.78 is 0. The Kier molecular flexibility index (Phi) is 2.14. The van der Waals surface area contributed by atoms with Crippen molar-refractivity contribution in [1.82, 2.24) is 0 Å². The lowest BCUT2D eigenvalue weighted by atomic mass is 10.2. The second kappa shape index (κ2) is 3.08. The van der Waals surface area contributed by atoms with Gasteiger partial charge in [-0.1, -0.05) is 0 Å². The summed E-state index contributed by atoms with van der Waals surface area (Å²) >= 11 is 0. The van der Waals surface area contributed by atoms with E-state index in [9.17, 15) is 10.1 Å². The monoisotopic (exact) mass is 168 g/mol. The Labute approximate surface area is 68.8 Å². The van der Waals surface area contributed by atoms with Crippen LogP contribution in [0.4, 0.5) is 11.4 Å². The van der Waals surface area contributed by atoms with Gasteiger partial charge in [0.2, 0.25) is 0 Å². The zero-order chi connectivity index (χ0) is 9.14. The molecule has 0 heterocycles. The molecule has 0 radical (unpaired) electrons. The summed E-state index contributed by atoms with van der Waals surface area (Å²) in [6.07, 6.45) is 0. The van der Waals surface area contributed by atoms with Crippen LogP contribution in [0.5, 0.6) is 5.75 Å². The lowest BCUT2D eigenvalue weighted by molar-refractivity contribution is -0.385. The largest absolute Gasteiger partial charge is 0.502 e. The Balaban J connectivity index is 3.17. The van der Waals surface area contributed by atoms with Gasteiger partial charge in [0.25, 0.3) is 0 Å². The summed E-state index contributed by atoms with van der Waals surface area (Å²) in [5.41, 5.74) is 0.307. The number of benzene rings is 1. The van der Waals surface area contributed by atoms with Crippen LogP contribution in [0.15, 0.2) is 18.2 Å². The second-order valence-electron chi connectivity index (χ2n) is 2.21. The molecule has 0 aromatic heterocycles. The smallest absolute Gasteiger partial charge is 0.312 e. The average molecular weight is 168 g/mol. The van der Waals surface area contributed by atoms with Gasteiger partial charge in [0.15, 0.2) is 5.75 Å². The van der Waals surface area contributed by atoms with Gasteiger partial charge >= 0.3 is 5.69 Å². The van der Waals surface area contributed by atoms with Crippen LogP contribution in [-0.2, 0) is 0 Å². The predicted molar refractivity (Wildman–Crippen MR) is 44.3 cm³/mol. The third kappa shape index (κ3) is 1.45. The first kappa shape index (κ1) is 8.32. The number of phenolic OH excluding ortho intramolecular Hbond substituents is 1. The lowest BCUT2D eigenvalue weighted by Crippen LogP contribution is -1.92. The Hall–Kier alpha value is -1.78. The SMILES string of the molecule is CNc1ccc(O)c([N+](=O)[O-])c1. The standard InChI is InChI=1S/C7H8N2O3/c1-8-5-2-3-7(10)6(4-5)9(11)12/h2-4,8,10H,1H3. The first-order valence-corrected chi connectivity index (χ1v) is 3.30. The molecule has 0 aliphatic rings. The predicted octanol–water partition coefficient (Wildman–Crippen LogP) is 1.34. The number of nitrogens with one attached hydrogen (secondary N) is 1. The number of rotatable bonds is 2. The zero-order valence-corrected chi connectivity index (χ0v) is 6.44. The number of nitrogens with zero attached hydrogens (tertiary/aromatic N) is 1. The Morgan fingerprint density at radius 1 is 1.58 bits per heavy atom. The van der Waals surface area contributed by atoms with E-state index in [4.69, 9.17) is 5.11 Å². The molecule has 5 heteroatoms. The molecule has 0 aliphatic heterocycles. The van der Waals surface area contributed by atoms with E-state index in [0.29, 0.717) is 5.69 Å². The minimum atomic E-state index is -0.629. The highest BCUT2D eigenvalue weighted by molar-refractivity contribution is 5.57. The van der Waals surface area contributed by atoms with E-state index in [1.165, 1.54) is 12.1 Å². The maximum Gasteiger partial charge on any atom is 0.312 e. The number of nitro benzene ring substituents is 1. The molecule has 2 N–H and O–H groups in total. The van der Waals surface area contributed by atoms with E-state index in [0.717, 1.165) is 0 Å². The maximum absolute atomic E-state index is 10.3. The van der Waals surface area contributed by atoms with Crippen molar-refractivity contribution >= 4 is 11.4 Å². The van der Waals surface area contributed by atoms with E-state index in [-0.39, 0.29) is 11.4 Å². The number of anilines is 1. The van der Waals surface area contributed by atoms with Crippen molar-refractivity contribution in [3.05, 3.63) is 28.3 Å². The minimum Gasteiger partial charge on any atom is -0.502 e. The molecule has 0 bridgehead atoms. The Morgan fingerprint density at radius 2 is 2.25 bits per heavy atom. The summed E-state index contributed by atoms with van der Waals surface area (Å²) in [4.78, 5) is 9.68. The topological polar surface area (TPSA) is 75.4 Å². The van der Waals surface area contributed by atoms with Crippen LogP contribution in [-0.4, -0.2) is 17.1 Å². The Bertz CT molecular complexity index is 312. The fraction of sp³-hybridized carbons (Fsp3) is 0.143. The van der Waals surface area contributed by atoms with Gasteiger partial charge in [-0.25, -0.2) is 0 Å². The van der Waals surface area contributed by atoms with Crippen molar-refractivity contribution in [2.24, 2.45) is 0 Å². The number of phenols is 1. The molecular formula is C7H8N2O3. The highest BCUT2D eigenvalue weighted by Gasteiger charge is 2.12. The molecule has 64 valence electrons. The quantitative estimate of drug-likeness (QED) is 0.397. The molecule has 0 amide bonds. The van der Waals surface area contributed by atoms with E-state index in [1.807, 2.05) is 0 Å². The third-order valence-electron chi connectivity index (χ3n) is 1.46. The van der Waals surface area contributed by atoms with Crippen molar-refractivity contribution in [3.63, 3.8) is 0 Å². The van der Waals surface area contributed by atoms with Crippen LogP contribution in [0.2, 0.25) is 0 Å². The van der Waals surface area contributed by atoms with Crippen LogP contribution in [0.3, 0.4) is 0 Å². The molecule has 0 aliphatic carbocycles. The molecule has 5 nitrogen and oxygen atoms in total. The normalized spacial score (nSPS) is 9.42. The van der Waals surface area contributed by atoms with Crippen LogP contribution < -0.4 is 5.32 Å². The molecule has 1 aromatic rings. The fourth-order valence-electron chi connectivity index (χ4n) is 0.825. The first-order valence-electron chi connectivity index (χ1n) is 3.30. The van der Waals surface area contributed by atoms with Crippen LogP contribution in [0, 0.1) is 10.1 Å². The molecule has 1 aromatic carbocycles. The molecule has 0 fully saturated rings. The van der Waals surface area contributed by atoms with Crippen LogP contribution >= 0.6 is 0 Å². The van der Waals surface area contributed by atoms with Gasteiger partial charge in [-0.05, 0) is 12.1 Å². The summed E-state index contributed by atoms with van der Waals surface area (Å²) in [5, 5.41) is 22.1. The minimum absolute atomic E-state index is 0.290. The fourth-order valence-corrected chi connectivity index (χ4v) is 0.825. The molecule has 0 saturated carbocycles. The number of nitro groups is 1. The summed E-state index contributed by atoms with van der Waals surface area (Å²) in [5.74, 6) is -0.320. The highest BCUT2D eigenvalue weighted by Crippen LogP contribution is 2.27. The van der Waals surface area contributed by atoms with Crippen molar-refractivity contribution in [2.45, 2.75) is 0 Å². The molecule has 1 rings (SSSR count). The number of hydrogen-bond acceptors (Lipinski definition) is 4. The van der Waals surface area contributed by atoms with E-state index >= 15 is 0 Å². The average Bonchev–Trinajstić information content (AvgIpc) is 2.05. The Morgan fingerprint density at radius 3 is 2.75 bits per heavy atom. The van der Waals surface area contributed by atoms with Crippen molar-refractivity contribution in [2.75, 3.05) is 12.4 Å². The summed E-state index contributed by atoms with van der Waals surface area (Å²) in [7, 11) is 1.65. The molecule has 0 unspecified atom stereocenters. The van der Waals surface area contributed by atoms with Gasteiger partial charge in [-0.3, -0.25) is 10.1 Å². The first-order chi connectivity index (χ1) is 5.65. The highest BCUT2D eigenvalue weighted by atomic mass is 16.6. The lowest BCUT2D eigenvalue weighted by Gasteiger charge is -1.99. The zero-order valence-electron chi connectivity index (χ0n) is 6.44. The van der Waals surface area contributed by atoms with Gasteiger partial charge in [-0.2, -0.15) is 0 Å². The van der Waals surface area contributed by atoms with Gasteiger partial charge in [0.05, 0.1) is 4.92 Å². The van der Waals surface area contributed by atoms with Crippen LogP contribution in [0.25, 0.3) is 0 Å². The summed E-state index contributed by atoms with van der Waals surface area (Å²) in [6.45, 7) is 0. The number of hydrogen-bond donors (Lipinski definition) is 2. The van der Waals surface area contributed by atoms with Gasteiger partial charge in [0, 0.05) is 18.8 Å². The van der Waals surface area contributed by atoms with E-state index in [2.05, 4.69) is 5.32 Å². The van der Waals surface area contributed by atoms with Crippen molar-refractivity contribution in [3.8, 4) is 5.75 Å². The van der Waals surface area contributed by atoms with Crippen molar-refractivity contribution < 1.29 is 10.0 Å². The third-order valence-corrected chi connectivity index (χ3v) is 1.46. The van der Waals surface area contributed by atoms with E-state index < -0.39 is 4.92 Å². The van der Waals surface area contributed by atoms with E-state index in [1.54, 1.807) is 13.1 Å².